The third kappa shape index (κ3) is 4.94. The largest absolute Gasteiger partial charge is 0.460 e. The lowest BCUT2D eigenvalue weighted by Gasteiger charge is -2.33. The number of carbonyl (C=O) groups is 1. The van der Waals surface area contributed by atoms with Gasteiger partial charge in [0.1, 0.15) is 5.60 Å². The Morgan fingerprint density at radius 2 is 1.88 bits per heavy atom. The highest BCUT2D eigenvalue weighted by Gasteiger charge is 2.34. The van der Waals surface area contributed by atoms with Gasteiger partial charge >= 0.3 is 5.97 Å². The Hall–Kier alpha value is -0.610. The highest BCUT2D eigenvalue weighted by atomic mass is 16.6. The quantitative estimate of drug-likeness (QED) is 0.702. The van der Waals surface area contributed by atoms with E-state index in [0.717, 1.165) is 0 Å². The van der Waals surface area contributed by atoms with Crippen LogP contribution in [-0.2, 0) is 9.53 Å². The molecule has 3 N–H and O–H groups in total. The molecule has 0 rings (SSSR count). The molecule has 0 spiro atoms. The van der Waals surface area contributed by atoms with Gasteiger partial charge in [-0.1, -0.05) is 13.8 Å². The summed E-state index contributed by atoms with van der Waals surface area (Å²) in [5.41, 5.74) is 4.44. The zero-order valence-corrected chi connectivity index (χ0v) is 11.0. The molecule has 0 aromatic carbocycles. The summed E-state index contributed by atoms with van der Waals surface area (Å²) < 4.78 is 5.24. The summed E-state index contributed by atoms with van der Waals surface area (Å²) in [5, 5.41) is 9.79. The standard InChI is InChI=1S/C12H25NO3/c1-6-12(5,9(14)8-13)7-10(15)16-11(2,3)4/h9,14H,6-8,13H2,1-5H3. The molecule has 0 bridgehead atoms. The second-order valence-corrected chi connectivity index (χ2v) is 5.52. The molecular weight excluding hydrogens is 206 g/mol. The molecule has 96 valence electrons. The number of esters is 1. The third-order valence-electron chi connectivity index (χ3n) is 2.80. The van der Waals surface area contributed by atoms with Crippen LogP contribution in [0.5, 0.6) is 0 Å². The van der Waals surface area contributed by atoms with Crippen LogP contribution < -0.4 is 5.73 Å². The van der Waals surface area contributed by atoms with Crippen LogP contribution in [0.4, 0.5) is 0 Å². The van der Waals surface area contributed by atoms with Crippen LogP contribution >= 0.6 is 0 Å². The summed E-state index contributed by atoms with van der Waals surface area (Å²) in [5.74, 6) is -0.288. The lowest BCUT2D eigenvalue weighted by molar-refractivity contribution is -0.159. The van der Waals surface area contributed by atoms with E-state index >= 15 is 0 Å². The first kappa shape index (κ1) is 15.4. The molecule has 0 saturated heterocycles. The maximum atomic E-state index is 11.7. The molecule has 0 fully saturated rings. The molecule has 4 nitrogen and oxygen atoms in total. The topological polar surface area (TPSA) is 72.5 Å². The maximum absolute atomic E-state index is 11.7. The van der Waals surface area contributed by atoms with Crippen LogP contribution in [0, 0.1) is 5.41 Å². The van der Waals surface area contributed by atoms with E-state index in [1.165, 1.54) is 0 Å². The van der Waals surface area contributed by atoms with Gasteiger partial charge in [0.25, 0.3) is 0 Å². The zero-order valence-electron chi connectivity index (χ0n) is 11.0. The lowest BCUT2D eigenvalue weighted by Crippen LogP contribution is -2.40. The van der Waals surface area contributed by atoms with Crippen molar-refractivity contribution in [3.63, 3.8) is 0 Å². The summed E-state index contributed by atoms with van der Waals surface area (Å²) in [6, 6.07) is 0. The Kier molecular flexibility index (Phi) is 5.42. The Morgan fingerprint density at radius 3 is 2.19 bits per heavy atom. The SMILES string of the molecule is CCC(C)(CC(=O)OC(C)(C)C)C(O)CN. The minimum atomic E-state index is -0.676. The van der Waals surface area contributed by atoms with Crippen molar-refractivity contribution >= 4 is 5.97 Å². The minimum Gasteiger partial charge on any atom is -0.460 e. The van der Waals surface area contributed by atoms with Crippen LogP contribution in [0.15, 0.2) is 0 Å². The molecule has 0 heterocycles. The van der Waals surface area contributed by atoms with Gasteiger partial charge in [0.2, 0.25) is 0 Å². The summed E-state index contributed by atoms with van der Waals surface area (Å²) >= 11 is 0. The number of hydrogen-bond donors (Lipinski definition) is 2. The van der Waals surface area contributed by atoms with E-state index < -0.39 is 17.1 Å². The minimum absolute atomic E-state index is 0.160. The number of ether oxygens (including phenoxy) is 1. The number of carbonyl (C=O) groups excluding carboxylic acids is 1. The van der Waals surface area contributed by atoms with Gasteiger partial charge in [0.15, 0.2) is 0 Å². The average Bonchev–Trinajstić information content (AvgIpc) is 2.13. The van der Waals surface area contributed by atoms with Gasteiger partial charge in [-0.15, -0.1) is 0 Å². The van der Waals surface area contributed by atoms with Crippen molar-refractivity contribution in [2.75, 3.05) is 6.54 Å². The first-order valence-corrected chi connectivity index (χ1v) is 5.74. The van der Waals surface area contributed by atoms with E-state index in [2.05, 4.69) is 0 Å². The van der Waals surface area contributed by atoms with Gasteiger partial charge in [-0.3, -0.25) is 4.79 Å². The van der Waals surface area contributed by atoms with Gasteiger partial charge in [-0.2, -0.15) is 0 Å². The van der Waals surface area contributed by atoms with E-state index in [0.29, 0.717) is 6.42 Å². The highest BCUT2D eigenvalue weighted by molar-refractivity contribution is 5.70. The molecule has 0 saturated carbocycles. The molecule has 0 aromatic rings. The summed E-state index contributed by atoms with van der Waals surface area (Å²) in [6.45, 7) is 9.43. The van der Waals surface area contributed by atoms with Crippen LogP contribution in [0.2, 0.25) is 0 Å². The first-order valence-electron chi connectivity index (χ1n) is 5.74. The van der Waals surface area contributed by atoms with E-state index in [1.807, 2.05) is 34.6 Å². The molecular formula is C12H25NO3. The van der Waals surface area contributed by atoms with E-state index in [1.54, 1.807) is 0 Å². The fraction of sp³-hybridized carbons (Fsp3) is 0.917. The normalized spacial score (nSPS) is 17.7. The number of aliphatic hydroxyl groups is 1. The van der Waals surface area contributed by atoms with Crippen molar-refractivity contribution in [2.24, 2.45) is 11.1 Å². The van der Waals surface area contributed by atoms with Gasteiger partial charge in [0, 0.05) is 12.0 Å². The fourth-order valence-corrected chi connectivity index (χ4v) is 1.47. The summed E-state index contributed by atoms with van der Waals surface area (Å²) in [4.78, 5) is 11.7. The fourth-order valence-electron chi connectivity index (χ4n) is 1.47. The smallest absolute Gasteiger partial charge is 0.306 e. The van der Waals surface area contributed by atoms with Crippen molar-refractivity contribution in [3.8, 4) is 0 Å². The number of hydrogen-bond acceptors (Lipinski definition) is 4. The second-order valence-electron chi connectivity index (χ2n) is 5.52. The molecule has 16 heavy (non-hydrogen) atoms. The molecule has 4 heteroatoms. The Balaban J connectivity index is 4.49. The van der Waals surface area contributed by atoms with E-state index in [9.17, 15) is 9.90 Å². The van der Waals surface area contributed by atoms with Crippen molar-refractivity contribution in [2.45, 2.75) is 59.2 Å². The Morgan fingerprint density at radius 1 is 1.38 bits per heavy atom. The van der Waals surface area contributed by atoms with E-state index in [-0.39, 0.29) is 18.9 Å². The second kappa shape index (κ2) is 5.64. The predicted octanol–water partition coefficient (Wildman–Crippen LogP) is 1.45. The Bertz CT molecular complexity index is 235. The average molecular weight is 231 g/mol. The van der Waals surface area contributed by atoms with Crippen LogP contribution in [0.25, 0.3) is 0 Å². The predicted molar refractivity (Wildman–Crippen MR) is 63.9 cm³/mol. The first-order chi connectivity index (χ1) is 7.14. The maximum Gasteiger partial charge on any atom is 0.306 e. The van der Waals surface area contributed by atoms with Gasteiger partial charge in [-0.25, -0.2) is 0 Å². The van der Waals surface area contributed by atoms with Crippen molar-refractivity contribution in [3.05, 3.63) is 0 Å². The van der Waals surface area contributed by atoms with Crippen LogP contribution in [0.3, 0.4) is 0 Å². The molecule has 0 aliphatic heterocycles. The van der Waals surface area contributed by atoms with Gasteiger partial charge < -0.3 is 15.6 Å². The van der Waals surface area contributed by atoms with Crippen LogP contribution in [-0.4, -0.2) is 29.3 Å². The molecule has 0 aromatic heterocycles. The summed E-state index contributed by atoms with van der Waals surface area (Å²) in [6.07, 6.45) is 0.203. The van der Waals surface area contributed by atoms with Gasteiger partial charge in [0.05, 0.1) is 12.5 Å². The zero-order chi connectivity index (χ0) is 13.0. The Labute approximate surface area is 98.2 Å². The van der Waals surface area contributed by atoms with Crippen LogP contribution in [0.1, 0.15) is 47.5 Å². The molecule has 0 radical (unpaired) electrons. The third-order valence-corrected chi connectivity index (χ3v) is 2.80. The van der Waals surface area contributed by atoms with Crippen molar-refractivity contribution in [1.29, 1.82) is 0 Å². The van der Waals surface area contributed by atoms with Crippen molar-refractivity contribution in [1.82, 2.24) is 0 Å². The molecule has 2 atom stereocenters. The molecule has 0 aliphatic carbocycles. The summed E-state index contributed by atoms with van der Waals surface area (Å²) in [7, 11) is 0. The van der Waals surface area contributed by atoms with E-state index in [4.69, 9.17) is 10.5 Å². The highest BCUT2D eigenvalue weighted by Crippen LogP contribution is 2.31. The molecule has 0 amide bonds. The van der Waals surface area contributed by atoms with Crippen molar-refractivity contribution < 1.29 is 14.6 Å². The number of rotatable bonds is 5. The number of nitrogens with two attached hydrogens (primary N) is 1. The van der Waals surface area contributed by atoms with Gasteiger partial charge in [-0.05, 0) is 27.2 Å². The molecule has 0 aliphatic rings. The monoisotopic (exact) mass is 231 g/mol. The lowest BCUT2D eigenvalue weighted by atomic mass is 9.78. The number of aliphatic hydroxyl groups excluding tert-OH is 1. The molecule has 2 unspecified atom stereocenters.